The Kier molecular flexibility index (Phi) is 3.05. The molecule has 0 N–H and O–H groups in total. The van der Waals surface area contributed by atoms with Crippen LogP contribution in [0.5, 0.6) is 0 Å². The Bertz CT molecular complexity index is 993. The summed E-state index contributed by atoms with van der Waals surface area (Å²) >= 11 is 1.83. The smallest absolute Gasteiger partial charge is 0.159 e. The van der Waals surface area contributed by atoms with Crippen molar-refractivity contribution in [1.29, 1.82) is 0 Å². The first-order valence-electron chi connectivity index (χ1n) is 7.26. The van der Waals surface area contributed by atoms with E-state index in [2.05, 4.69) is 42.5 Å². The molecule has 0 aliphatic rings. The fourth-order valence-corrected chi connectivity index (χ4v) is 4.10. The van der Waals surface area contributed by atoms with Gasteiger partial charge in [-0.05, 0) is 24.1 Å². The highest BCUT2D eigenvalue weighted by Gasteiger charge is 2.10. The fourth-order valence-electron chi connectivity index (χ4n) is 2.86. The second kappa shape index (κ2) is 5.08. The molecular weight excluding hydrogens is 288 g/mol. The van der Waals surface area contributed by atoms with Crippen molar-refractivity contribution in [1.82, 2.24) is 0 Å². The van der Waals surface area contributed by atoms with Crippen molar-refractivity contribution < 1.29 is 4.79 Å². The van der Waals surface area contributed by atoms with Crippen LogP contribution in [-0.2, 0) is 0 Å². The van der Waals surface area contributed by atoms with Crippen molar-refractivity contribution in [3.8, 4) is 11.1 Å². The minimum Gasteiger partial charge on any atom is -0.295 e. The highest BCUT2D eigenvalue weighted by Crippen LogP contribution is 2.39. The van der Waals surface area contributed by atoms with Crippen LogP contribution in [0.15, 0.2) is 66.7 Å². The number of Topliss-reactive ketones (excluding diaryl/α,β-unsaturated/α-hetero) is 1. The summed E-state index contributed by atoms with van der Waals surface area (Å²) in [6, 6.07) is 22.8. The quantitative estimate of drug-likeness (QED) is 0.420. The van der Waals surface area contributed by atoms with Gasteiger partial charge in [-0.15, -0.1) is 11.3 Å². The zero-order valence-electron chi connectivity index (χ0n) is 12.2. The Morgan fingerprint density at radius 1 is 0.818 bits per heavy atom. The van der Waals surface area contributed by atoms with Crippen LogP contribution in [-0.4, -0.2) is 5.78 Å². The molecule has 0 amide bonds. The third kappa shape index (κ3) is 2.04. The van der Waals surface area contributed by atoms with E-state index in [1.165, 1.54) is 25.7 Å². The lowest BCUT2D eigenvalue weighted by atomic mass is 10.0. The molecule has 106 valence electrons. The second-order valence-corrected chi connectivity index (χ2v) is 6.47. The van der Waals surface area contributed by atoms with E-state index in [4.69, 9.17) is 0 Å². The Morgan fingerprint density at radius 2 is 1.55 bits per heavy atom. The van der Waals surface area contributed by atoms with Gasteiger partial charge in [-0.1, -0.05) is 60.7 Å². The number of benzene rings is 3. The standard InChI is InChI=1S/C20H14OS/c1-13(21)14-9-11-15(12-10-14)16-6-4-7-18-17-5-2-3-8-19(17)22-20(16)18/h2-12H,1H3. The van der Waals surface area contributed by atoms with E-state index in [-0.39, 0.29) is 5.78 Å². The number of hydrogen-bond donors (Lipinski definition) is 0. The molecule has 1 nitrogen and oxygen atoms in total. The summed E-state index contributed by atoms with van der Waals surface area (Å²) in [5.74, 6) is 0.103. The van der Waals surface area contributed by atoms with Crippen LogP contribution in [0.4, 0.5) is 0 Å². The zero-order valence-corrected chi connectivity index (χ0v) is 13.0. The number of rotatable bonds is 2. The Labute approximate surface area is 132 Å². The van der Waals surface area contributed by atoms with Crippen molar-refractivity contribution in [3.63, 3.8) is 0 Å². The molecule has 0 spiro atoms. The van der Waals surface area contributed by atoms with Crippen LogP contribution in [0, 0.1) is 0 Å². The van der Waals surface area contributed by atoms with Crippen LogP contribution in [0.1, 0.15) is 17.3 Å². The molecule has 3 aromatic carbocycles. The summed E-state index contributed by atoms with van der Waals surface area (Å²) in [6.07, 6.45) is 0. The lowest BCUT2D eigenvalue weighted by Crippen LogP contribution is -1.90. The second-order valence-electron chi connectivity index (χ2n) is 5.41. The molecule has 2 heteroatoms. The normalized spacial score (nSPS) is 11.1. The summed E-state index contributed by atoms with van der Waals surface area (Å²) < 4.78 is 2.62. The molecule has 1 aromatic heterocycles. The lowest BCUT2D eigenvalue weighted by Gasteiger charge is -2.04. The van der Waals surface area contributed by atoms with Gasteiger partial charge < -0.3 is 0 Å². The molecule has 1 heterocycles. The molecule has 4 aromatic rings. The lowest BCUT2D eigenvalue weighted by molar-refractivity contribution is 0.101. The maximum absolute atomic E-state index is 11.4. The molecule has 4 rings (SSSR count). The van der Waals surface area contributed by atoms with Gasteiger partial charge in [-0.3, -0.25) is 4.79 Å². The topological polar surface area (TPSA) is 17.1 Å². The van der Waals surface area contributed by atoms with E-state index < -0.39 is 0 Å². The minimum absolute atomic E-state index is 0.103. The molecule has 0 aliphatic carbocycles. The summed E-state index contributed by atoms with van der Waals surface area (Å²) in [5.41, 5.74) is 3.14. The molecular formula is C20H14OS. The van der Waals surface area contributed by atoms with Crippen molar-refractivity contribution >= 4 is 37.3 Å². The molecule has 0 unspecified atom stereocenters. The maximum Gasteiger partial charge on any atom is 0.159 e. The Hall–Kier alpha value is -2.45. The number of carbonyl (C=O) groups is 1. The van der Waals surface area contributed by atoms with E-state index in [1.54, 1.807) is 6.92 Å². The first kappa shape index (κ1) is 13.2. The largest absolute Gasteiger partial charge is 0.295 e. The van der Waals surface area contributed by atoms with Gasteiger partial charge in [0.15, 0.2) is 5.78 Å². The average Bonchev–Trinajstić information content (AvgIpc) is 2.93. The van der Waals surface area contributed by atoms with Crippen LogP contribution >= 0.6 is 11.3 Å². The minimum atomic E-state index is 0.103. The molecule has 0 saturated heterocycles. The summed E-state index contributed by atoms with van der Waals surface area (Å²) in [7, 11) is 0. The summed E-state index contributed by atoms with van der Waals surface area (Å²) in [4.78, 5) is 11.4. The Balaban J connectivity index is 1.96. The fraction of sp³-hybridized carbons (Fsp3) is 0.0500. The van der Waals surface area contributed by atoms with E-state index in [1.807, 2.05) is 35.6 Å². The molecule has 0 radical (unpaired) electrons. The number of thiophene rings is 1. The van der Waals surface area contributed by atoms with Crippen molar-refractivity contribution in [3.05, 3.63) is 72.3 Å². The van der Waals surface area contributed by atoms with Crippen molar-refractivity contribution in [2.75, 3.05) is 0 Å². The zero-order chi connectivity index (χ0) is 15.1. The van der Waals surface area contributed by atoms with Gasteiger partial charge in [-0.25, -0.2) is 0 Å². The first-order valence-corrected chi connectivity index (χ1v) is 8.07. The third-order valence-electron chi connectivity index (χ3n) is 4.01. The van der Waals surface area contributed by atoms with Crippen LogP contribution in [0.2, 0.25) is 0 Å². The average molecular weight is 302 g/mol. The van der Waals surface area contributed by atoms with Gasteiger partial charge in [0.2, 0.25) is 0 Å². The predicted molar refractivity (Wildman–Crippen MR) is 94.8 cm³/mol. The van der Waals surface area contributed by atoms with Gasteiger partial charge in [0.1, 0.15) is 0 Å². The summed E-state index contributed by atoms with van der Waals surface area (Å²) in [5, 5.41) is 2.61. The molecule has 0 atom stereocenters. The highest BCUT2D eigenvalue weighted by molar-refractivity contribution is 7.26. The van der Waals surface area contributed by atoms with E-state index >= 15 is 0 Å². The van der Waals surface area contributed by atoms with Gasteiger partial charge >= 0.3 is 0 Å². The van der Waals surface area contributed by atoms with Gasteiger partial charge in [-0.2, -0.15) is 0 Å². The van der Waals surface area contributed by atoms with E-state index in [0.29, 0.717) is 0 Å². The first-order chi connectivity index (χ1) is 10.7. The van der Waals surface area contributed by atoms with Crippen LogP contribution < -0.4 is 0 Å². The van der Waals surface area contributed by atoms with Gasteiger partial charge in [0.25, 0.3) is 0 Å². The number of ketones is 1. The number of carbonyl (C=O) groups excluding carboxylic acids is 1. The molecule has 0 aliphatic heterocycles. The number of hydrogen-bond acceptors (Lipinski definition) is 2. The van der Waals surface area contributed by atoms with Crippen molar-refractivity contribution in [2.45, 2.75) is 6.92 Å². The van der Waals surface area contributed by atoms with E-state index in [0.717, 1.165) is 11.1 Å². The van der Waals surface area contributed by atoms with Crippen molar-refractivity contribution in [2.24, 2.45) is 0 Å². The molecule has 0 saturated carbocycles. The van der Waals surface area contributed by atoms with Gasteiger partial charge in [0.05, 0.1) is 0 Å². The molecule has 0 bridgehead atoms. The van der Waals surface area contributed by atoms with Gasteiger partial charge in [0, 0.05) is 25.7 Å². The highest BCUT2D eigenvalue weighted by atomic mass is 32.1. The number of fused-ring (bicyclic) bond motifs is 3. The third-order valence-corrected chi connectivity index (χ3v) is 5.23. The SMILES string of the molecule is CC(=O)c1ccc(-c2cccc3c2sc2ccccc23)cc1. The molecule has 0 fully saturated rings. The summed E-state index contributed by atoms with van der Waals surface area (Å²) in [6.45, 7) is 1.60. The monoisotopic (exact) mass is 302 g/mol. The Morgan fingerprint density at radius 3 is 2.32 bits per heavy atom. The van der Waals surface area contributed by atoms with E-state index in [9.17, 15) is 4.79 Å². The molecule has 22 heavy (non-hydrogen) atoms. The maximum atomic E-state index is 11.4. The van der Waals surface area contributed by atoms with Crippen LogP contribution in [0.3, 0.4) is 0 Å². The predicted octanol–water partition coefficient (Wildman–Crippen LogP) is 5.92. The van der Waals surface area contributed by atoms with Crippen LogP contribution in [0.25, 0.3) is 31.3 Å².